The number of H-pyrrole nitrogens is 1. The number of methoxy groups -OCH3 is 1. The summed E-state index contributed by atoms with van der Waals surface area (Å²) in [5, 5.41) is 10.2. The number of pyridine rings is 1. The number of hydrogen-bond donors (Lipinski definition) is 2. The molecule has 0 atom stereocenters. The van der Waals surface area contributed by atoms with Crippen molar-refractivity contribution >= 4 is 16.9 Å². The molecule has 134 valence electrons. The number of ether oxygens (including phenoxy) is 1. The van der Waals surface area contributed by atoms with Crippen LogP contribution in [0.25, 0.3) is 22.2 Å². The van der Waals surface area contributed by atoms with Crippen LogP contribution in [-0.2, 0) is 0 Å². The lowest BCUT2D eigenvalue weighted by atomic mass is 10.1. The fourth-order valence-electron chi connectivity index (χ4n) is 3.24. The van der Waals surface area contributed by atoms with E-state index >= 15 is 0 Å². The lowest BCUT2D eigenvalue weighted by Gasteiger charge is -2.30. The number of hydrogen-bond acceptors (Lipinski definition) is 6. The third-order valence-electron chi connectivity index (χ3n) is 4.72. The number of rotatable bonds is 3. The van der Waals surface area contributed by atoms with Crippen LogP contribution < -0.4 is 15.2 Å². The summed E-state index contributed by atoms with van der Waals surface area (Å²) in [6.07, 6.45) is 2.71. The molecule has 2 N–H and O–H groups in total. The molecule has 7 nitrogen and oxygen atoms in total. The summed E-state index contributed by atoms with van der Waals surface area (Å²) in [4.78, 5) is 26.5. The highest BCUT2D eigenvalue weighted by Gasteiger charge is 2.21. The molecule has 7 heteroatoms. The van der Waals surface area contributed by atoms with Crippen molar-refractivity contribution in [3.05, 3.63) is 46.9 Å². The van der Waals surface area contributed by atoms with Gasteiger partial charge in [0.15, 0.2) is 0 Å². The Hall–Kier alpha value is -2.93. The zero-order chi connectivity index (χ0) is 18.1. The fraction of sp³-hybridized carbons (Fsp3) is 0.316. The number of aromatic nitrogens is 3. The van der Waals surface area contributed by atoms with Crippen molar-refractivity contribution in [1.82, 2.24) is 15.0 Å². The SMILES string of the molecule is COc1ccc(-c2nc(N3CCC(O)CC3)nc3cc[nH]c(=O)c23)cc1. The van der Waals surface area contributed by atoms with Crippen molar-refractivity contribution in [3.63, 3.8) is 0 Å². The average Bonchev–Trinajstić information content (AvgIpc) is 2.68. The molecule has 1 aliphatic rings. The summed E-state index contributed by atoms with van der Waals surface area (Å²) >= 11 is 0. The Morgan fingerprint density at radius 3 is 2.58 bits per heavy atom. The molecule has 1 fully saturated rings. The molecule has 0 bridgehead atoms. The first-order valence-corrected chi connectivity index (χ1v) is 8.62. The van der Waals surface area contributed by atoms with E-state index in [1.807, 2.05) is 24.3 Å². The highest BCUT2D eigenvalue weighted by Crippen LogP contribution is 2.28. The smallest absolute Gasteiger partial charge is 0.259 e. The monoisotopic (exact) mass is 352 g/mol. The number of aromatic amines is 1. The molecular formula is C19H20N4O3. The minimum absolute atomic E-state index is 0.214. The van der Waals surface area contributed by atoms with Gasteiger partial charge >= 0.3 is 0 Å². The predicted molar refractivity (Wildman–Crippen MR) is 99.6 cm³/mol. The van der Waals surface area contributed by atoms with Crippen LogP contribution in [0.4, 0.5) is 5.95 Å². The van der Waals surface area contributed by atoms with Gasteiger partial charge in [-0.2, -0.15) is 0 Å². The van der Waals surface area contributed by atoms with E-state index < -0.39 is 0 Å². The third kappa shape index (κ3) is 3.01. The van der Waals surface area contributed by atoms with Crippen molar-refractivity contribution in [2.45, 2.75) is 18.9 Å². The number of nitrogens with one attached hydrogen (secondary N) is 1. The Morgan fingerprint density at radius 1 is 1.15 bits per heavy atom. The lowest BCUT2D eigenvalue weighted by Crippen LogP contribution is -2.37. The van der Waals surface area contributed by atoms with E-state index in [4.69, 9.17) is 9.72 Å². The van der Waals surface area contributed by atoms with Gasteiger partial charge in [0.1, 0.15) is 5.75 Å². The van der Waals surface area contributed by atoms with E-state index in [0.717, 1.165) is 11.3 Å². The predicted octanol–water partition coefficient (Wildman–Crippen LogP) is 1.95. The molecule has 1 aliphatic heterocycles. The van der Waals surface area contributed by atoms with Gasteiger partial charge in [-0.1, -0.05) is 0 Å². The van der Waals surface area contributed by atoms with E-state index in [2.05, 4.69) is 14.9 Å². The first-order valence-electron chi connectivity index (χ1n) is 8.62. The fourth-order valence-corrected chi connectivity index (χ4v) is 3.24. The summed E-state index contributed by atoms with van der Waals surface area (Å²) in [5.74, 6) is 1.33. The summed E-state index contributed by atoms with van der Waals surface area (Å²) in [6.45, 7) is 1.38. The largest absolute Gasteiger partial charge is 0.497 e. The van der Waals surface area contributed by atoms with Crippen molar-refractivity contribution in [2.75, 3.05) is 25.1 Å². The second-order valence-corrected chi connectivity index (χ2v) is 6.39. The summed E-state index contributed by atoms with van der Waals surface area (Å²) < 4.78 is 5.21. The average molecular weight is 352 g/mol. The number of anilines is 1. The molecule has 4 rings (SSSR count). The Labute approximate surface area is 150 Å². The molecule has 0 unspecified atom stereocenters. The van der Waals surface area contributed by atoms with E-state index in [9.17, 15) is 9.90 Å². The minimum atomic E-state index is -0.268. The van der Waals surface area contributed by atoms with Crippen LogP contribution in [0.15, 0.2) is 41.3 Å². The van der Waals surface area contributed by atoms with E-state index in [1.165, 1.54) is 0 Å². The topological polar surface area (TPSA) is 91.3 Å². The molecule has 1 saturated heterocycles. The van der Waals surface area contributed by atoms with Crippen LogP contribution in [0.2, 0.25) is 0 Å². The van der Waals surface area contributed by atoms with Gasteiger partial charge in [0.25, 0.3) is 5.56 Å². The molecule has 26 heavy (non-hydrogen) atoms. The minimum Gasteiger partial charge on any atom is -0.497 e. The number of nitrogens with zero attached hydrogens (tertiary/aromatic N) is 3. The molecule has 0 radical (unpaired) electrons. The number of aliphatic hydroxyl groups excluding tert-OH is 1. The Bertz CT molecular complexity index is 976. The van der Waals surface area contributed by atoms with Gasteiger partial charge in [-0.05, 0) is 43.2 Å². The molecule has 0 aliphatic carbocycles. The summed E-state index contributed by atoms with van der Waals surface area (Å²) in [7, 11) is 1.61. The Balaban J connectivity index is 1.87. The zero-order valence-electron chi connectivity index (χ0n) is 14.5. The molecular weight excluding hydrogens is 332 g/mol. The van der Waals surface area contributed by atoms with Gasteiger partial charge in [0, 0.05) is 24.8 Å². The van der Waals surface area contributed by atoms with Gasteiger partial charge in [-0.15, -0.1) is 0 Å². The maximum atomic E-state index is 12.4. The van der Waals surface area contributed by atoms with Crippen molar-refractivity contribution in [1.29, 1.82) is 0 Å². The first kappa shape index (κ1) is 16.5. The number of aliphatic hydroxyl groups is 1. The zero-order valence-corrected chi connectivity index (χ0v) is 14.5. The van der Waals surface area contributed by atoms with E-state index in [-0.39, 0.29) is 11.7 Å². The van der Waals surface area contributed by atoms with Gasteiger partial charge in [0.05, 0.1) is 29.8 Å². The molecule has 1 aromatic carbocycles. The second kappa shape index (κ2) is 6.76. The molecule has 3 aromatic rings. The molecule has 0 spiro atoms. The van der Waals surface area contributed by atoms with Gasteiger partial charge in [0.2, 0.25) is 5.95 Å². The van der Waals surface area contributed by atoms with Crippen LogP contribution in [0.1, 0.15) is 12.8 Å². The summed E-state index contributed by atoms with van der Waals surface area (Å²) in [6, 6.07) is 9.25. The molecule has 0 amide bonds. The van der Waals surface area contributed by atoms with Crippen LogP contribution in [0.5, 0.6) is 5.75 Å². The van der Waals surface area contributed by atoms with Crippen LogP contribution in [0, 0.1) is 0 Å². The van der Waals surface area contributed by atoms with E-state index in [1.54, 1.807) is 19.4 Å². The second-order valence-electron chi connectivity index (χ2n) is 6.39. The standard InChI is InChI=1S/C19H20N4O3/c1-26-14-4-2-12(3-5-14)17-16-15(6-9-20-18(16)25)21-19(22-17)23-10-7-13(24)8-11-23/h2-6,9,13,24H,7-8,10-11H2,1H3,(H,20,25). The number of benzene rings is 1. The molecule has 3 heterocycles. The summed E-state index contributed by atoms with van der Waals surface area (Å²) in [5.41, 5.74) is 1.82. The van der Waals surface area contributed by atoms with Crippen molar-refractivity contribution in [3.8, 4) is 17.0 Å². The van der Waals surface area contributed by atoms with Crippen molar-refractivity contribution < 1.29 is 9.84 Å². The third-order valence-corrected chi connectivity index (χ3v) is 4.72. The Morgan fingerprint density at radius 2 is 1.88 bits per heavy atom. The highest BCUT2D eigenvalue weighted by atomic mass is 16.5. The van der Waals surface area contributed by atoms with Gasteiger partial charge < -0.3 is 19.7 Å². The Kier molecular flexibility index (Phi) is 4.30. The first-order chi connectivity index (χ1) is 12.7. The van der Waals surface area contributed by atoms with Crippen LogP contribution >= 0.6 is 0 Å². The van der Waals surface area contributed by atoms with Crippen LogP contribution in [-0.4, -0.2) is 46.4 Å². The maximum absolute atomic E-state index is 12.4. The normalized spacial score (nSPS) is 15.4. The maximum Gasteiger partial charge on any atom is 0.259 e. The number of fused-ring (bicyclic) bond motifs is 1. The van der Waals surface area contributed by atoms with Crippen LogP contribution in [0.3, 0.4) is 0 Å². The molecule has 2 aromatic heterocycles. The highest BCUT2D eigenvalue weighted by molar-refractivity contribution is 5.92. The van der Waals surface area contributed by atoms with E-state index in [0.29, 0.717) is 48.5 Å². The molecule has 0 saturated carbocycles. The quantitative estimate of drug-likeness (QED) is 0.749. The number of piperidine rings is 1. The van der Waals surface area contributed by atoms with Crippen molar-refractivity contribution in [2.24, 2.45) is 0 Å². The van der Waals surface area contributed by atoms with Gasteiger partial charge in [-0.25, -0.2) is 9.97 Å². The van der Waals surface area contributed by atoms with Gasteiger partial charge in [-0.3, -0.25) is 4.79 Å². The lowest BCUT2D eigenvalue weighted by molar-refractivity contribution is 0.145.